The molecule has 5 rings (SSSR count). The zero-order valence-corrected chi connectivity index (χ0v) is 21.6. The van der Waals surface area contributed by atoms with Gasteiger partial charge in [0.25, 0.3) is 0 Å². The number of hydrogen-bond donors (Lipinski definition) is 1. The van der Waals surface area contributed by atoms with Crippen LogP contribution < -0.4 is 9.47 Å². The van der Waals surface area contributed by atoms with Crippen molar-refractivity contribution in [2.45, 2.75) is 32.2 Å². The van der Waals surface area contributed by atoms with Gasteiger partial charge in [-0.3, -0.25) is 0 Å². The summed E-state index contributed by atoms with van der Waals surface area (Å²) >= 11 is 0. The molecular weight excluding hydrogens is 521 g/mol. The van der Waals surface area contributed by atoms with Crippen molar-refractivity contribution in [3.8, 4) is 28.4 Å². The van der Waals surface area contributed by atoms with E-state index in [1.54, 1.807) is 28.9 Å². The number of ether oxygens (including phenoxy) is 2. The monoisotopic (exact) mass is 546 g/mol. The van der Waals surface area contributed by atoms with E-state index < -0.39 is 23.3 Å². The fourth-order valence-electron chi connectivity index (χ4n) is 4.25. The number of carboxylic acids is 1. The number of aliphatic carboxylic acids is 1. The van der Waals surface area contributed by atoms with Gasteiger partial charge in [-0.15, -0.1) is 0 Å². The summed E-state index contributed by atoms with van der Waals surface area (Å²) in [6.45, 7) is 3.13. The molecule has 1 N–H and O–H groups in total. The maximum Gasteiger partial charge on any atom is 0.416 e. The van der Waals surface area contributed by atoms with Gasteiger partial charge in [-0.05, 0) is 68.4 Å². The highest BCUT2D eigenvalue weighted by atomic mass is 19.4. The van der Waals surface area contributed by atoms with Crippen LogP contribution in [0.25, 0.3) is 27.8 Å². The van der Waals surface area contributed by atoms with Crippen molar-refractivity contribution in [3.63, 3.8) is 0 Å². The quantitative estimate of drug-likeness (QED) is 0.218. The number of aromatic nitrogens is 2. The highest BCUT2D eigenvalue weighted by Gasteiger charge is 2.30. The van der Waals surface area contributed by atoms with Crippen molar-refractivity contribution in [1.82, 2.24) is 9.78 Å². The first kappa shape index (κ1) is 26.8. The first-order chi connectivity index (χ1) is 19.0. The van der Waals surface area contributed by atoms with E-state index in [9.17, 15) is 23.1 Å². The third-order valence-corrected chi connectivity index (χ3v) is 6.39. The molecule has 1 aromatic heterocycles. The van der Waals surface area contributed by atoms with Crippen molar-refractivity contribution in [3.05, 3.63) is 108 Å². The number of hydrogen-bond acceptors (Lipinski definition) is 4. The van der Waals surface area contributed by atoms with Crippen LogP contribution in [0.15, 0.2) is 97.1 Å². The lowest BCUT2D eigenvalue weighted by Gasteiger charge is -2.21. The summed E-state index contributed by atoms with van der Waals surface area (Å²) in [6.07, 6.45) is -4.43. The van der Waals surface area contributed by atoms with Crippen molar-refractivity contribution in [2.24, 2.45) is 0 Å². The van der Waals surface area contributed by atoms with Crippen LogP contribution in [0.4, 0.5) is 13.2 Å². The summed E-state index contributed by atoms with van der Waals surface area (Å²) in [7, 11) is 0. The Labute approximate surface area is 228 Å². The molecule has 0 amide bonds. The second kappa shape index (κ2) is 10.4. The number of carboxylic acid groups (broad SMARTS) is 1. The Morgan fingerprint density at radius 2 is 1.50 bits per heavy atom. The van der Waals surface area contributed by atoms with E-state index in [-0.39, 0.29) is 6.61 Å². The lowest BCUT2D eigenvalue weighted by atomic mass is 10.0. The summed E-state index contributed by atoms with van der Waals surface area (Å²) in [5.74, 6) is -0.133. The predicted molar refractivity (Wildman–Crippen MR) is 145 cm³/mol. The van der Waals surface area contributed by atoms with E-state index in [2.05, 4.69) is 0 Å². The third-order valence-electron chi connectivity index (χ3n) is 6.39. The number of halogens is 3. The molecule has 40 heavy (non-hydrogen) atoms. The minimum atomic E-state index is -4.43. The second-order valence-electron chi connectivity index (χ2n) is 9.66. The molecule has 1 heterocycles. The van der Waals surface area contributed by atoms with Crippen molar-refractivity contribution in [2.75, 3.05) is 0 Å². The van der Waals surface area contributed by atoms with Gasteiger partial charge in [-0.1, -0.05) is 42.5 Å². The van der Waals surface area contributed by atoms with Gasteiger partial charge in [0.15, 0.2) is 5.60 Å². The summed E-state index contributed by atoms with van der Waals surface area (Å²) in [6, 6.07) is 26.7. The van der Waals surface area contributed by atoms with E-state index in [1.165, 1.54) is 26.0 Å². The highest BCUT2D eigenvalue weighted by Crippen LogP contribution is 2.35. The molecule has 5 aromatic rings. The zero-order chi connectivity index (χ0) is 28.5. The van der Waals surface area contributed by atoms with E-state index >= 15 is 0 Å². The maximum atomic E-state index is 13.1. The molecule has 0 atom stereocenters. The average Bonchev–Trinajstić information content (AvgIpc) is 3.33. The SMILES string of the molecule is CC(C)(Oc1ccc(OCc2cccc3c2c(-c2ccccc2)nn3-c2ccc(C(F)(F)F)cc2)cc1)C(=O)O. The first-order valence-electron chi connectivity index (χ1n) is 12.4. The molecule has 0 radical (unpaired) electrons. The number of nitrogens with zero attached hydrogens (tertiary/aromatic N) is 2. The third kappa shape index (κ3) is 5.49. The largest absolute Gasteiger partial charge is 0.489 e. The van der Waals surface area contributed by atoms with Crippen molar-refractivity contribution >= 4 is 16.9 Å². The Morgan fingerprint density at radius 3 is 2.12 bits per heavy atom. The topological polar surface area (TPSA) is 73.6 Å². The Balaban J connectivity index is 1.49. The predicted octanol–water partition coefficient (Wildman–Crippen LogP) is 7.53. The molecular formula is C31H25F3N2O4. The Hall–Kier alpha value is -4.79. The van der Waals surface area contributed by atoms with Crippen LogP contribution >= 0.6 is 0 Å². The molecule has 9 heteroatoms. The van der Waals surface area contributed by atoms with E-state index in [1.807, 2.05) is 48.5 Å². The fourth-order valence-corrected chi connectivity index (χ4v) is 4.25. The van der Waals surface area contributed by atoms with Crippen molar-refractivity contribution in [1.29, 1.82) is 0 Å². The van der Waals surface area contributed by atoms with E-state index in [4.69, 9.17) is 14.6 Å². The fraction of sp³-hybridized carbons (Fsp3) is 0.161. The van der Waals surface area contributed by atoms with Gasteiger partial charge in [-0.2, -0.15) is 18.3 Å². The van der Waals surface area contributed by atoms with Gasteiger partial charge in [0, 0.05) is 16.5 Å². The van der Waals surface area contributed by atoms with Gasteiger partial charge in [0.05, 0.1) is 16.8 Å². The molecule has 6 nitrogen and oxygen atoms in total. The lowest BCUT2D eigenvalue weighted by Crippen LogP contribution is -2.37. The Kier molecular flexibility index (Phi) is 6.97. The number of benzene rings is 4. The average molecular weight is 547 g/mol. The van der Waals surface area contributed by atoms with E-state index in [0.29, 0.717) is 22.9 Å². The molecule has 0 fully saturated rings. The molecule has 0 unspecified atom stereocenters. The second-order valence-corrected chi connectivity index (χ2v) is 9.66. The minimum absolute atomic E-state index is 0.191. The molecule has 0 spiro atoms. The summed E-state index contributed by atoms with van der Waals surface area (Å²) < 4.78 is 52.7. The smallest absolute Gasteiger partial charge is 0.416 e. The van der Waals surface area contributed by atoms with Gasteiger partial charge in [0.2, 0.25) is 0 Å². The Bertz CT molecular complexity index is 1640. The van der Waals surface area contributed by atoms with Crippen LogP contribution in [0.3, 0.4) is 0 Å². The van der Waals surface area contributed by atoms with Gasteiger partial charge >= 0.3 is 12.1 Å². The Morgan fingerprint density at radius 1 is 0.850 bits per heavy atom. The first-order valence-corrected chi connectivity index (χ1v) is 12.4. The van der Waals surface area contributed by atoms with Crippen LogP contribution in [-0.4, -0.2) is 26.5 Å². The molecule has 0 aliphatic rings. The standard InChI is InChI=1S/C31H25F3N2O4/c1-30(2,29(37)38)40-25-17-15-24(16-18-25)39-19-21-9-6-10-26-27(21)28(20-7-4-3-5-8-20)35-36(26)23-13-11-22(12-14-23)31(32,33)34/h3-18H,19H2,1-2H3,(H,37,38). The lowest BCUT2D eigenvalue weighted by molar-refractivity contribution is -0.152. The molecule has 204 valence electrons. The van der Waals surface area contributed by atoms with Crippen LogP contribution in [0.1, 0.15) is 25.0 Å². The number of alkyl halides is 3. The van der Waals surface area contributed by atoms with Gasteiger partial charge in [0.1, 0.15) is 23.8 Å². The molecule has 4 aromatic carbocycles. The van der Waals surface area contributed by atoms with Crippen LogP contribution in [-0.2, 0) is 17.6 Å². The maximum absolute atomic E-state index is 13.1. The summed E-state index contributed by atoms with van der Waals surface area (Å²) in [5.41, 5.74) is 1.48. The van der Waals surface area contributed by atoms with Crippen molar-refractivity contribution < 1.29 is 32.5 Å². The molecule has 0 saturated heterocycles. The zero-order valence-electron chi connectivity index (χ0n) is 21.6. The molecule has 0 saturated carbocycles. The molecule has 0 aliphatic heterocycles. The number of rotatable bonds is 8. The highest BCUT2D eigenvalue weighted by molar-refractivity contribution is 5.96. The molecule has 0 aliphatic carbocycles. The minimum Gasteiger partial charge on any atom is -0.489 e. The van der Waals surface area contributed by atoms with Crippen LogP contribution in [0, 0.1) is 0 Å². The summed E-state index contributed by atoms with van der Waals surface area (Å²) in [5, 5.41) is 14.9. The van der Waals surface area contributed by atoms with E-state index in [0.717, 1.165) is 34.2 Å². The van der Waals surface area contributed by atoms with Crippen LogP contribution in [0.2, 0.25) is 0 Å². The van der Waals surface area contributed by atoms with Crippen LogP contribution in [0.5, 0.6) is 11.5 Å². The number of carbonyl (C=O) groups is 1. The van der Waals surface area contributed by atoms with Gasteiger partial charge in [-0.25, -0.2) is 9.48 Å². The summed E-state index contributed by atoms with van der Waals surface area (Å²) in [4.78, 5) is 11.3. The normalized spacial score (nSPS) is 11.9. The van der Waals surface area contributed by atoms with Gasteiger partial charge < -0.3 is 14.6 Å². The number of fused-ring (bicyclic) bond motifs is 1. The molecule has 0 bridgehead atoms.